The van der Waals surface area contributed by atoms with Crippen molar-refractivity contribution in [1.82, 2.24) is 5.32 Å². The normalized spacial score (nSPS) is 13.3. The van der Waals surface area contributed by atoms with Crippen molar-refractivity contribution in [2.24, 2.45) is 5.92 Å². The van der Waals surface area contributed by atoms with E-state index in [0.29, 0.717) is 11.7 Å². The summed E-state index contributed by atoms with van der Waals surface area (Å²) in [4.78, 5) is 0. The largest absolute Gasteiger partial charge is 0.317 e. The number of halogens is 1. The van der Waals surface area contributed by atoms with Gasteiger partial charge in [0.25, 0.3) is 0 Å². The van der Waals surface area contributed by atoms with Crippen molar-refractivity contribution in [3.63, 3.8) is 0 Å². The van der Waals surface area contributed by atoms with E-state index in [2.05, 4.69) is 40.3 Å². The molecule has 0 bridgehead atoms. The highest BCUT2D eigenvalue weighted by Crippen LogP contribution is 2.21. The SMILES string of the molecule is CCNCC(CCCS(=O)(=O)CC)Cc1ccccc1Br. The lowest BCUT2D eigenvalue weighted by Gasteiger charge is -2.18. The molecule has 0 spiro atoms. The van der Waals surface area contributed by atoms with Gasteiger partial charge in [0.1, 0.15) is 9.84 Å². The molecule has 1 atom stereocenters. The number of rotatable bonds is 10. The molecule has 5 heteroatoms. The van der Waals surface area contributed by atoms with Crippen molar-refractivity contribution in [3.8, 4) is 0 Å². The topological polar surface area (TPSA) is 46.2 Å². The Hall–Kier alpha value is -0.390. The molecule has 21 heavy (non-hydrogen) atoms. The van der Waals surface area contributed by atoms with E-state index < -0.39 is 9.84 Å². The van der Waals surface area contributed by atoms with Gasteiger partial charge in [0, 0.05) is 10.2 Å². The summed E-state index contributed by atoms with van der Waals surface area (Å²) in [6.45, 7) is 5.69. The molecule has 1 unspecified atom stereocenters. The van der Waals surface area contributed by atoms with Crippen molar-refractivity contribution >= 4 is 25.8 Å². The third kappa shape index (κ3) is 7.43. The zero-order chi connectivity index (χ0) is 15.7. The number of benzene rings is 1. The minimum atomic E-state index is -2.85. The van der Waals surface area contributed by atoms with E-state index in [0.717, 1.165) is 36.8 Å². The number of sulfone groups is 1. The molecule has 3 nitrogen and oxygen atoms in total. The van der Waals surface area contributed by atoms with Crippen molar-refractivity contribution in [2.45, 2.75) is 33.1 Å². The molecule has 0 aliphatic carbocycles. The van der Waals surface area contributed by atoms with Crippen molar-refractivity contribution in [3.05, 3.63) is 34.3 Å². The molecule has 0 saturated carbocycles. The summed E-state index contributed by atoms with van der Waals surface area (Å²) in [7, 11) is -2.85. The van der Waals surface area contributed by atoms with Gasteiger partial charge in [-0.1, -0.05) is 48.0 Å². The Morgan fingerprint density at radius 3 is 2.57 bits per heavy atom. The molecule has 0 aliphatic heterocycles. The van der Waals surface area contributed by atoms with Gasteiger partial charge in [0.2, 0.25) is 0 Å². The van der Waals surface area contributed by atoms with Gasteiger partial charge in [-0.15, -0.1) is 0 Å². The maximum atomic E-state index is 11.6. The molecule has 1 N–H and O–H groups in total. The van der Waals surface area contributed by atoms with Gasteiger partial charge in [0.05, 0.1) is 5.75 Å². The maximum Gasteiger partial charge on any atom is 0.150 e. The van der Waals surface area contributed by atoms with Gasteiger partial charge >= 0.3 is 0 Å². The van der Waals surface area contributed by atoms with Crippen LogP contribution in [-0.4, -0.2) is 33.0 Å². The average Bonchev–Trinajstić information content (AvgIpc) is 2.46. The van der Waals surface area contributed by atoms with Gasteiger partial charge in [-0.25, -0.2) is 8.42 Å². The van der Waals surface area contributed by atoms with Crippen LogP contribution in [0.1, 0.15) is 32.3 Å². The number of nitrogens with one attached hydrogen (secondary N) is 1. The lowest BCUT2D eigenvalue weighted by atomic mass is 9.95. The van der Waals surface area contributed by atoms with E-state index in [1.54, 1.807) is 6.92 Å². The zero-order valence-corrected chi connectivity index (χ0v) is 15.3. The first-order valence-corrected chi connectivity index (χ1v) is 10.2. The Bertz CT molecular complexity index is 517. The van der Waals surface area contributed by atoms with Crippen LogP contribution in [-0.2, 0) is 16.3 Å². The average molecular weight is 376 g/mol. The first-order valence-electron chi connectivity index (χ1n) is 7.63. The third-order valence-electron chi connectivity index (χ3n) is 3.66. The summed E-state index contributed by atoms with van der Waals surface area (Å²) in [5.41, 5.74) is 1.29. The summed E-state index contributed by atoms with van der Waals surface area (Å²) in [5, 5.41) is 3.38. The van der Waals surface area contributed by atoms with Crippen molar-refractivity contribution in [1.29, 1.82) is 0 Å². The van der Waals surface area contributed by atoms with Gasteiger partial charge < -0.3 is 5.32 Å². The van der Waals surface area contributed by atoms with E-state index >= 15 is 0 Å². The quantitative estimate of drug-likeness (QED) is 0.681. The first kappa shape index (κ1) is 18.7. The predicted molar refractivity (Wildman–Crippen MR) is 93.4 cm³/mol. The van der Waals surface area contributed by atoms with Crippen LogP contribution in [0.5, 0.6) is 0 Å². The smallest absolute Gasteiger partial charge is 0.150 e. The molecule has 0 saturated heterocycles. The van der Waals surface area contributed by atoms with Crippen LogP contribution < -0.4 is 5.32 Å². The fraction of sp³-hybridized carbons (Fsp3) is 0.625. The second-order valence-electron chi connectivity index (χ2n) is 5.35. The number of hydrogen-bond donors (Lipinski definition) is 1. The molecule has 1 aromatic carbocycles. The van der Waals surface area contributed by atoms with Gasteiger partial charge in [-0.05, 0) is 49.9 Å². The van der Waals surface area contributed by atoms with Crippen LogP contribution >= 0.6 is 15.9 Å². The molecule has 0 heterocycles. The Morgan fingerprint density at radius 1 is 1.24 bits per heavy atom. The second-order valence-corrected chi connectivity index (χ2v) is 8.67. The lowest BCUT2D eigenvalue weighted by molar-refractivity contribution is 0.443. The molecule has 0 aromatic heterocycles. The summed E-state index contributed by atoms with van der Waals surface area (Å²) < 4.78 is 24.3. The molecule has 1 aromatic rings. The van der Waals surface area contributed by atoms with Crippen LogP contribution in [0.4, 0.5) is 0 Å². The Kier molecular flexibility index (Phi) is 8.52. The summed E-state index contributed by atoms with van der Waals surface area (Å²) in [6, 6.07) is 8.25. The van der Waals surface area contributed by atoms with Gasteiger partial charge in [-0.3, -0.25) is 0 Å². The lowest BCUT2D eigenvalue weighted by Crippen LogP contribution is -2.25. The van der Waals surface area contributed by atoms with Gasteiger partial charge in [0.15, 0.2) is 0 Å². The molecule has 120 valence electrons. The minimum Gasteiger partial charge on any atom is -0.317 e. The van der Waals surface area contributed by atoms with E-state index in [9.17, 15) is 8.42 Å². The van der Waals surface area contributed by atoms with Crippen molar-refractivity contribution in [2.75, 3.05) is 24.6 Å². The molecule has 0 amide bonds. The Labute approximate surface area is 137 Å². The highest BCUT2D eigenvalue weighted by Gasteiger charge is 2.14. The molecule has 0 fully saturated rings. The second kappa shape index (κ2) is 9.59. The van der Waals surface area contributed by atoms with Crippen LogP contribution in [0.25, 0.3) is 0 Å². The first-order chi connectivity index (χ1) is 9.98. The van der Waals surface area contributed by atoms with E-state index in [1.165, 1.54) is 5.56 Å². The molecular weight excluding hydrogens is 350 g/mol. The molecule has 1 rings (SSSR count). The highest BCUT2D eigenvalue weighted by atomic mass is 79.9. The zero-order valence-electron chi connectivity index (χ0n) is 12.9. The number of hydrogen-bond acceptors (Lipinski definition) is 3. The predicted octanol–water partition coefficient (Wildman–Crippen LogP) is 3.43. The highest BCUT2D eigenvalue weighted by molar-refractivity contribution is 9.10. The fourth-order valence-corrected chi connectivity index (χ4v) is 3.68. The minimum absolute atomic E-state index is 0.245. The van der Waals surface area contributed by atoms with E-state index in [-0.39, 0.29) is 5.75 Å². The van der Waals surface area contributed by atoms with Crippen LogP contribution in [0.15, 0.2) is 28.7 Å². The maximum absolute atomic E-state index is 11.6. The third-order valence-corrected chi connectivity index (χ3v) is 6.22. The Morgan fingerprint density at radius 2 is 1.95 bits per heavy atom. The van der Waals surface area contributed by atoms with Crippen molar-refractivity contribution < 1.29 is 8.42 Å². The van der Waals surface area contributed by atoms with Gasteiger partial charge in [-0.2, -0.15) is 0 Å². The standard InChI is InChI=1S/C16H26BrNO2S/c1-3-18-13-14(8-7-11-21(19,20)4-2)12-15-9-5-6-10-16(15)17/h5-6,9-10,14,18H,3-4,7-8,11-13H2,1-2H3. The summed E-state index contributed by atoms with van der Waals surface area (Å²) >= 11 is 3.59. The van der Waals surface area contributed by atoms with Crippen LogP contribution in [0, 0.1) is 5.92 Å². The van der Waals surface area contributed by atoms with Crippen LogP contribution in [0.2, 0.25) is 0 Å². The fourth-order valence-electron chi connectivity index (χ4n) is 2.34. The molecule has 0 aliphatic rings. The Balaban J connectivity index is 2.57. The monoisotopic (exact) mass is 375 g/mol. The summed E-state index contributed by atoms with van der Waals surface area (Å²) in [6.07, 6.45) is 2.66. The van der Waals surface area contributed by atoms with E-state index in [4.69, 9.17) is 0 Å². The summed E-state index contributed by atoms with van der Waals surface area (Å²) in [5.74, 6) is 1.02. The molecular formula is C16H26BrNO2S. The van der Waals surface area contributed by atoms with Crippen LogP contribution in [0.3, 0.4) is 0 Å². The molecule has 0 radical (unpaired) electrons. The van der Waals surface area contributed by atoms with E-state index in [1.807, 2.05) is 12.1 Å².